The number of carbonyl (C=O) groups excluding carboxylic acids is 2. The van der Waals surface area contributed by atoms with E-state index in [1.807, 2.05) is 19.0 Å². The molecule has 11 heteroatoms. The highest BCUT2D eigenvalue weighted by Gasteiger charge is 2.15. The van der Waals surface area contributed by atoms with E-state index in [4.69, 9.17) is 0 Å². The summed E-state index contributed by atoms with van der Waals surface area (Å²) in [6.45, 7) is 0.756. The number of nitrogens with one attached hydrogen (secondary N) is 3. The van der Waals surface area contributed by atoms with Gasteiger partial charge in [-0.25, -0.2) is 9.37 Å². The maximum absolute atomic E-state index is 13.1. The Hall–Kier alpha value is -4.90. The molecule has 0 bridgehead atoms. The molecule has 0 saturated carbocycles. The third kappa shape index (κ3) is 6.05. The minimum atomic E-state index is -0.385. The van der Waals surface area contributed by atoms with Gasteiger partial charge in [-0.3, -0.25) is 19.1 Å². The van der Waals surface area contributed by atoms with Gasteiger partial charge < -0.3 is 20.5 Å². The molecule has 10 nitrogen and oxygen atoms in total. The summed E-state index contributed by atoms with van der Waals surface area (Å²) in [6, 6.07) is 14.1. The second kappa shape index (κ2) is 11.5. The number of aromatic nitrogens is 4. The van der Waals surface area contributed by atoms with Crippen molar-refractivity contribution >= 4 is 50.7 Å². The number of nitrogens with zero attached hydrogens (tertiary/aromatic N) is 4. The van der Waals surface area contributed by atoms with Crippen LogP contribution in [0.4, 0.5) is 21.6 Å². The summed E-state index contributed by atoms with van der Waals surface area (Å²) in [5.41, 5.74) is 1.72. The standard InChI is InChI=1S/C29H28FN7O3/c1-36(2)14-3-4-24(38)18-5-10-21-22(16-18)27-23(11-13-31-28(27)34-29(21)40)33-25-12-15-37(35-25)17-26(39)32-20-8-6-19(30)7-9-20/h5-13,15-16H,3-4,14,17H2,1-2H3,(H,32,39)(H2,31,33,34,35,40). The number of amides is 1. The van der Waals surface area contributed by atoms with Crippen molar-refractivity contribution < 1.29 is 14.0 Å². The summed E-state index contributed by atoms with van der Waals surface area (Å²) < 4.78 is 14.6. The zero-order valence-corrected chi connectivity index (χ0v) is 22.1. The van der Waals surface area contributed by atoms with Crippen LogP contribution in [-0.4, -0.2) is 57.0 Å². The summed E-state index contributed by atoms with van der Waals surface area (Å²) in [6.07, 6.45) is 4.36. The Morgan fingerprint density at radius 1 is 1.05 bits per heavy atom. The molecule has 3 N–H and O–H groups in total. The summed E-state index contributed by atoms with van der Waals surface area (Å²) >= 11 is 0. The van der Waals surface area contributed by atoms with Gasteiger partial charge in [-0.05, 0) is 69.5 Å². The number of benzene rings is 2. The number of Topliss-reactive ketones (excluding diaryl/α,β-unsaturated/α-hetero) is 1. The molecule has 0 unspecified atom stereocenters. The molecule has 0 aliphatic carbocycles. The third-order valence-electron chi connectivity index (χ3n) is 6.38. The zero-order valence-electron chi connectivity index (χ0n) is 22.1. The van der Waals surface area contributed by atoms with E-state index in [1.165, 1.54) is 28.9 Å². The summed E-state index contributed by atoms with van der Waals surface area (Å²) in [7, 11) is 3.93. The van der Waals surface area contributed by atoms with E-state index in [1.54, 1.807) is 42.7 Å². The lowest BCUT2D eigenvalue weighted by molar-refractivity contribution is -0.116. The maximum Gasteiger partial charge on any atom is 0.257 e. The van der Waals surface area contributed by atoms with E-state index >= 15 is 0 Å². The van der Waals surface area contributed by atoms with Crippen molar-refractivity contribution in [2.45, 2.75) is 19.4 Å². The SMILES string of the molecule is CN(C)CCCC(=O)c1ccc2c(=O)[nH]c3nccc(Nc4ccn(CC(=O)Nc5ccc(F)cc5)n4)c3c2c1. The number of hydrogen-bond donors (Lipinski definition) is 3. The van der Waals surface area contributed by atoms with Gasteiger partial charge in [0.15, 0.2) is 11.6 Å². The molecule has 204 valence electrons. The minimum absolute atomic E-state index is 0.00763. The lowest BCUT2D eigenvalue weighted by Gasteiger charge is -2.11. The molecule has 0 spiro atoms. The van der Waals surface area contributed by atoms with Crippen molar-refractivity contribution in [3.05, 3.63) is 88.7 Å². The van der Waals surface area contributed by atoms with E-state index in [-0.39, 0.29) is 29.6 Å². The van der Waals surface area contributed by atoms with Crippen LogP contribution < -0.4 is 16.2 Å². The molecule has 5 rings (SSSR count). The van der Waals surface area contributed by atoms with Crippen LogP contribution in [0.15, 0.2) is 71.8 Å². The Kier molecular flexibility index (Phi) is 7.65. The molecule has 0 saturated heterocycles. The Morgan fingerprint density at radius 2 is 1.85 bits per heavy atom. The van der Waals surface area contributed by atoms with E-state index in [2.05, 4.69) is 25.7 Å². The number of fused-ring (bicyclic) bond motifs is 3. The van der Waals surface area contributed by atoms with E-state index in [9.17, 15) is 18.8 Å². The van der Waals surface area contributed by atoms with Crippen LogP contribution >= 0.6 is 0 Å². The largest absolute Gasteiger partial charge is 0.338 e. The number of ketones is 1. The molecule has 1 amide bonds. The van der Waals surface area contributed by atoms with Gasteiger partial charge >= 0.3 is 0 Å². The lowest BCUT2D eigenvalue weighted by atomic mass is 10.00. The molecule has 40 heavy (non-hydrogen) atoms. The highest BCUT2D eigenvalue weighted by atomic mass is 19.1. The number of aromatic amines is 1. The second-order valence-corrected chi connectivity index (χ2v) is 9.71. The zero-order chi connectivity index (χ0) is 28.2. The molecule has 0 aliphatic heterocycles. The van der Waals surface area contributed by atoms with Crippen LogP contribution in [0, 0.1) is 5.82 Å². The average Bonchev–Trinajstić information content (AvgIpc) is 3.35. The first-order valence-corrected chi connectivity index (χ1v) is 12.8. The van der Waals surface area contributed by atoms with E-state index in [0.717, 1.165) is 13.0 Å². The minimum Gasteiger partial charge on any atom is -0.338 e. The molecular weight excluding hydrogens is 513 g/mol. The van der Waals surface area contributed by atoms with Crippen molar-refractivity contribution in [3.8, 4) is 0 Å². The van der Waals surface area contributed by atoms with Gasteiger partial charge in [-0.1, -0.05) is 6.07 Å². The first-order valence-electron chi connectivity index (χ1n) is 12.8. The fourth-order valence-electron chi connectivity index (χ4n) is 4.47. The number of anilines is 3. The number of pyridine rings is 2. The highest BCUT2D eigenvalue weighted by Crippen LogP contribution is 2.30. The van der Waals surface area contributed by atoms with Crippen LogP contribution in [0.5, 0.6) is 0 Å². The first-order chi connectivity index (χ1) is 19.3. The Balaban J connectivity index is 1.40. The van der Waals surface area contributed by atoms with Gasteiger partial charge in [-0.2, -0.15) is 5.10 Å². The lowest BCUT2D eigenvalue weighted by Crippen LogP contribution is -2.19. The average molecular weight is 542 g/mol. The summed E-state index contributed by atoms with van der Waals surface area (Å²) in [5.74, 6) is -0.225. The molecular formula is C29H28FN7O3. The third-order valence-corrected chi connectivity index (χ3v) is 6.38. The van der Waals surface area contributed by atoms with Crippen LogP contribution in [-0.2, 0) is 11.3 Å². The van der Waals surface area contributed by atoms with Crippen molar-refractivity contribution in [3.63, 3.8) is 0 Å². The number of H-pyrrole nitrogens is 1. The van der Waals surface area contributed by atoms with E-state index in [0.29, 0.717) is 51.0 Å². The van der Waals surface area contributed by atoms with Gasteiger partial charge in [0, 0.05) is 52.3 Å². The molecule has 0 aliphatic rings. The van der Waals surface area contributed by atoms with Crippen LogP contribution in [0.3, 0.4) is 0 Å². The van der Waals surface area contributed by atoms with Crippen molar-refractivity contribution in [2.24, 2.45) is 0 Å². The Bertz CT molecular complexity index is 1760. The Labute approximate surface area is 228 Å². The summed E-state index contributed by atoms with van der Waals surface area (Å²) in [4.78, 5) is 47.3. The van der Waals surface area contributed by atoms with Gasteiger partial charge in [0.1, 0.15) is 18.0 Å². The number of halogens is 1. The molecule has 0 fully saturated rings. The van der Waals surface area contributed by atoms with E-state index < -0.39 is 0 Å². The topological polar surface area (TPSA) is 125 Å². The number of carbonyl (C=O) groups is 2. The van der Waals surface area contributed by atoms with Gasteiger partial charge in [-0.15, -0.1) is 0 Å². The maximum atomic E-state index is 13.1. The molecule has 0 radical (unpaired) electrons. The van der Waals surface area contributed by atoms with Crippen molar-refractivity contribution in [2.75, 3.05) is 31.3 Å². The predicted molar refractivity (Wildman–Crippen MR) is 153 cm³/mol. The monoisotopic (exact) mass is 541 g/mol. The quantitative estimate of drug-likeness (QED) is 0.178. The second-order valence-electron chi connectivity index (χ2n) is 9.71. The fraction of sp³-hybridized carbons (Fsp3) is 0.207. The smallest absolute Gasteiger partial charge is 0.257 e. The number of rotatable bonds is 10. The Morgan fingerprint density at radius 3 is 2.62 bits per heavy atom. The van der Waals surface area contributed by atoms with Crippen LogP contribution in [0.25, 0.3) is 21.8 Å². The highest BCUT2D eigenvalue weighted by molar-refractivity contribution is 6.13. The van der Waals surface area contributed by atoms with Crippen molar-refractivity contribution in [1.82, 2.24) is 24.6 Å². The molecule has 0 atom stereocenters. The molecule has 3 heterocycles. The van der Waals surface area contributed by atoms with Crippen LogP contribution in [0.2, 0.25) is 0 Å². The molecule has 3 aromatic heterocycles. The van der Waals surface area contributed by atoms with Gasteiger partial charge in [0.25, 0.3) is 5.56 Å². The first kappa shape index (κ1) is 26.7. The number of hydrogen-bond acceptors (Lipinski definition) is 7. The van der Waals surface area contributed by atoms with Gasteiger partial charge in [0.05, 0.1) is 5.69 Å². The normalized spacial score (nSPS) is 11.3. The molecule has 2 aromatic carbocycles. The van der Waals surface area contributed by atoms with Crippen LogP contribution in [0.1, 0.15) is 23.2 Å². The fourth-order valence-corrected chi connectivity index (χ4v) is 4.47. The van der Waals surface area contributed by atoms with Gasteiger partial charge in [0.2, 0.25) is 5.91 Å². The predicted octanol–water partition coefficient (Wildman–Crippen LogP) is 4.32. The summed E-state index contributed by atoms with van der Waals surface area (Å²) in [5, 5.41) is 12.1. The molecule has 5 aromatic rings. The van der Waals surface area contributed by atoms with Crippen molar-refractivity contribution in [1.29, 1.82) is 0 Å².